The van der Waals surface area contributed by atoms with Crippen LogP contribution in [0.5, 0.6) is 0 Å². The molecule has 0 atom stereocenters. The van der Waals surface area contributed by atoms with Crippen molar-refractivity contribution >= 4 is 22.1 Å². The summed E-state index contributed by atoms with van der Waals surface area (Å²) in [5.41, 5.74) is 21.5. The summed E-state index contributed by atoms with van der Waals surface area (Å²) >= 11 is 0. The van der Waals surface area contributed by atoms with Gasteiger partial charge in [-0.3, -0.25) is 9.13 Å². The Bertz CT molecular complexity index is 3660. The Morgan fingerprint density at radius 2 is 0.472 bits per heavy atom. The molecule has 338 valence electrons. The molecule has 0 spiro atoms. The van der Waals surface area contributed by atoms with Gasteiger partial charge in [-0.05, 0) is 99.1 Å². The first-order valence-corrected chi connectivity index (χ1v) is 24.5. The van der Waals surface area contributed by atoms with E-state index in [1.807, 2.05) is 0 Å². The third kappa shape index (κ3) is 7.68. The third-order valence-electron chi connectivity index (χ3n) is 13.7. The maximum Gasteiger partial charge on any atom is 0.145 e. The van der Waals surface area contributed by atoms with E-state index in [-0.39, 0.29) is 0 Å². The van der Waals surface area contributed by atoms with Crippen LogP contribution in [0.2, 0.25) is 0 Å². The highest BCUT2D eigenvalue weighted by molar-refractivity contribution is 5.97. The Labute approximate surface area is 419 Å². The normalized spacial score (nSPS) is 11.3. The summed E-state index contributed by atoms with van der Waals surface area (Å²) in [6.45, 7) is 0. The lowest BCUT2D eigenvalue weighted by Gasteiger charge is -2.22. The molecule has 11 aromatic carbocycles. The van der Waals surface area contributed by atoms with Crippen LogP contribution in [0.15, 0.2) is 279 Å². The van der Waals surface area contributed by atoms with E-state index in [2.05, 4.69) is 288 Å². The highest BCUT2D eigenvalue weighted by Crippen LogP contribution is 2.46. The van der Waals surface area contributed by atoms with E-state index >= 15 is 0 Å². The largest absolute Gasteiger partial charge is 0.291 e. The van der Waals surface area contributed by atoms with Crippen LogP contribution in [0.1, 0.15) is 0 Å². The van der Waals surface area contributed by atoms with Gasteiger partial charge in [-0.1, -0.05) is 224 Å². The molecule has 0 fully saturated rings. The summed E-state index contributed by atoms with van der Waals surface area (Å²) in [6.07, 6.45) is 0. The van der Waals surface area contributed by atoms with E-state index in [1.54, 1.807) is 0 Å². The molecule has 0 radical (unpaired) electrons. The minimum atomic E-state index is 0.838. The predicted molar refractivity (Wildman–Crippen MR) is 299 cm³/mol. The van der Waals surface area contributed by atoms with E-state index < -0.39 is 0 Å². The fourth-order valence-corrected chi connectivity index (χ4v) is 10.4. The smallest absolute Gasteiger partial charge is 0.145 e. The van der Waals surface area contributed by atoms with Gasteiger partial charge in [0.25, 0.3) is 0 Å². The summed E-state index contributed by atoms with van der Waals surface area (Å²) in [4.78, 5) is 11.1. The number of imidazole rings is 2. The molecule has 0 aliphatic heterocycles. The van der Waals surface area contributed by atoms with Gasteiger partial charge >= 0.3 is 0 Å². The van der Waals surface area contributed by atoms with Gasteiger partial charge in [0.05, 0.1) is 33.4 Å². The Balaban J connectivity index is 1.09. The predicted octanol–water partition coefficient (Wildman–Crippen LogP) is 17.7. The van der Waals surface area contributed by atoms with Crippen molar-refractivity contribution in [3.8, 4) is 101 Å². The van der Waals surface area contributed by atoms with Crippen molar-refractivity contribution in [1.82, 2.24) is 19.1 Å². The number of para-hydroxylation sites is 4. The van der Waals surface area contributed by atoms with Crippen molar-refractivity contribution in [1.29, 1.82) is 0 Å². The molecule has 0 aliphatic rings. The molecule has 4 heteroatoms. The van der Waals surface area contributed by atoms with E-state index in [0.29, 0.717) is 0 Å². The van der Waals surface area contributed by atoms with Crippen LogP contribution in [0.25, 0.3) is 123 Å². The van der Waals surface area contributed by atoms with Crippen molar-refractivity contribution in [3.63, 3.8) is 0 Å². The van der Waals surface area contributed by atoms with Crippen molar-refractivity contribution in [2.24, 2.45) is 0 Å². The zero-order valence-electron chi connectivity index (χ0n) is 39.3. The van der Waals surface area contributed by atoms with Gasteiger partial charge in [0, 0.05) is 33.4 Å². The molecule has 0 N–H and O–H groups in total. The first-order valence-electron chi connectivity index (χ1n) is 24.5. The number of fused-ring (bicyclic) bond motifs is 2. The summed E-state index contributed by atoms with van der Waals surface area (Å²) in [7, 11) is 0. The number of hydrogen-bond donors (Lipinski definition) is 0. The quantitative estimate of drug-likeness (QED) is 0.137. The summed E-state index contributed by atoms with van der Waals surface area (Å²) in [6, 6.07) is 99.7. The molecule has 13 aromatic rings. The summed E-state index contributed by atoms with van der Waals surface area (Å²) in [5, 5.41) is 0. The second-order valence-corrected chi connectivity index (χ2v) is 18.1. The standard InChI is InChI=1S/C68H46N4/c1-7-24-47(25-8-1)55-43-57(49-28-11-3-12-29-49)65(58(44-55)50-30-13-4-14-31-50)71-63-40-21-19-38-61(63)69-67(71)53-36-23-37-54(42-53)68-70-62-39-20-22-41-64(62)72(68)66-59(51-32-15-5-16-33-51)45-56(48-26-9-2-10-27-48)46-60(66)52-34-17-6-18-35-52/h1-46H. The monoisotopic (exact) mass is 918 g/mol. The Kier molecular flexibility index (Phi) is 10.8. The van der Waals surface area contributed by atoms with Gasteiger partial charge in [0.1, 0.15) is 11.6 Å². The fraction of sp³-hybridized carbons (Fsp3) is 0. The van der Waals surface area contributed by atoms with Crippen molar-refractivity contribution < 1.29 is 0 Å². The zero-order valence-corrected chi connectivity index (χ0v) is 39.3. The highest BCUT2D eigenvalue weighted by atomic mass is 15.1. The van der Waals surface area contributed by atoms with Gasteiger partial charge in [-0.25, -0.2) is 9.97 Å². The van der Waals surface area contributed by atoms with E-state index in [4.69, 9.17) is 9.97 Å². The summed E-state index contributed by atoms with van der Waals surface area (Å²) in [5.74, 6) is 1.68. The molecule has 0 unspecified atom stereocenters. The fourth-order valence-electron chi connectivity index (χ4n) is 10.4. The lowest BCUT2D eigenvalue weighted by atomic mass is 9.90. The van der Waals surface area contributed by atoms with Crippen molar-refractivity contribution in [2.45, 2.75) is 0 Å². The van der Waals surface area contributed by atoms with Gasteiger partial charge in [-0.15, -0.1) is 0 Å². The second-order valence-electron chi connectivity index (χ2n) is 18.1. The van der Waals surface area contributed by atoms with E-state index in [0.717, 1.165) is 123 Å². The average molecular weight is 919 g/mol. The average Bonchev–Trinajstić information content (AvgIpc) is 4.05. The molecule has 0 saturated heterocycles. The minimum Gasteiger partial charge on any atom is -0.291 e. The second kappa shape index (κ2) is 18.4. The molecule has 4 nitrogen and oxygen atoms in total. The molecule has 2 aromatic heterocycles. The molecule has 0 bridgehead atoms. The van der Waals surface area contributed by atoms with Gasteiger partial charge in [0.15, 0.2) is 0 Å². The van der Waals surface area contributed by atoms with Crippen LogP contribution in [0.3, 0.4) is 0 Å². The molecular formula is C68H46N4. The lowest BCUT2D eigenvalue weighted by Crippen LogP contribution is -2.05. The molecule has 72 heavy (non-hydrogen) atoms. The summed E-state index contributed by atoms with van der Waals surface area (Å²) < 4.78 is 4.78. The topological polar surface area (TPSA) is 35.6 Å². The molecule has 2 heterocycles. The molecular weight excluding hydrogens is 873 g/mol. The molecule has 0 aliphatic carbocycles. The van der Waals surface area contributed by atoms with Crippen molar-refractivity contribution in [2.75, 3.05) is 0 Å². The molecule has 0 saturated carbocycles. The maximum atomic E-state index is 5.55. The Morgan fingerprint density at radius 3 is 0.792 bits per heavy atom. The Hall–Kier alpha value is -9.64. The zero-order chi connectivity index (χ0) is 47.8. The SMILES string of the molecule is c1ccc(-c2cc(-c3ccccc3)c(-n3c(-c4cccc(-c5nc6ccccc6n5-c5c(-c6ccccc6)cc(-c6ccccc6)cc5-c5ccccc5)c4)nc4ccccc43)c(-c3ccccc3)c2)cc1. The van der Waals surface area contributed by atoms with Gasteiger partial charge in [-0.2, -0.15) is 0 Å². The number of aromatic nitrogens is 4. The van der Waals surface area contributed by atoms with Gasteiger partial charge < -0.3 is 0 Å². The van der Waals surface area contributed by atoms with Crippen molar-refractivity contribution in [3.05, 3.63) is 279 Å². The maximum absolute atomic E-state index is 5.55. The van der Waals surface area contributed by atoms with Gasteiger partial charge in [0.2, 0.25) is 0 Å². The highest BCUT2D eigenvalue weighted by Gasteiger charge is 2.26. The molecule has 0 amide bonds. The van der Waals surface area contributed by atoms with E-state index in [1.165, 1.54) is 0 Å². The molecule has 13 rings (SSSR count). The van der Waals surface area contributed by atoms with Crippen LogP contribution < -0.4 is 0 Å². The third-order valence-corrected chi connectivity index (χ3v) is 13.7. The first kappa shape index (κ1) is 42.5. The van der Waals surface area contributed by atoms with Crippen LogP contribution in [0.4, 0.5) is 0 Å². The number of nitrogens with zero attached hydrogens (tertiary/aromatic N) is 4. The minimum absolute atomic E-state index is 0.838. The Morgan fingerprint density at radius 1 is 0.208 bits per heavy atom. The van der Waals surface area contributed by atoms with Crippen LogP contribution >= 0.6 is 0 Å². The number of benzene rings is 11. The van der Waals surface area contributed by atoms with Crippen LogP contribution in [0, 0.1) is 0 Å². The van der Waals surface area contributed by atoms with Crippen LogP contribution in [-0.2, 0) is 0 Å². The first-order chi connectivity index (χ1) is 35.7. The van der Waals surface area contributed by atoms with Crippen LogP contribution in [-0.4, -0.2) is 19.1 Å². The number of hydrogen-bond acceptors (Lipinski definition) is 2. The van der Waals surface area contributed by atoms with E-state index in [9.17, 15) is 0 Å². The number of rotatable bonds is 10. The lowest BCUT2D eigenvalue weighted by molar-refractivity contribution is 1.10.